The summed E-state index contributed by atoms with van der Waals surface area (Å²) in [6, 6.07) is 14.8. The molecule has 0 saturated carbocycles. The minimum absolute atomic E-state index is 0.0715. The third kappa shape index (κ3) is 3.49. The molecule has 2 aromatic heterocycles. The van der Waals surface area contributed by atoms with Crippen LogP contribution in [-0.4, -0.2) is 22.0 Å². The molecular formula is C20H15FN4O2S. The van der Waals surface area contributed by atoms with Gasteiger partial charge in [-0.2, -0.15) is 5.10 Å². The highest BCUT2D eigenvalue weighted by Crippen LogP contribution is 2.30. The van der Waals surface area contributed by atoms with E-state index in [1.807, 2.05) is 31.2 Å². The van der Waals surface area contributed by atoms with Gasteiger partial charge in [0.2, 0.25) is 0 Å². The SMILES string of the molecule is Cc1ccc(NC(=O)c2cc3c(NC(=O)c4ccccc4F)[nH]nc3s2)cc1. The fourth-order valence-electron chi connectivity index (χ4n) is 2.67. The van der Waals surface area contributed by atoms with Crippen LogP contribution in [-0.2, 0) is 0 Å². The van der Waals surface area contributed by atoms with E-state index in [0.717, 1.165) is 5.56 Å². The molecule has 4 rings (SSSR count). The summed E-state index contributed by atoms with van der Waals surface area (Å²) in [6.07, 6.45) is 0. The molecule has 0 bridgehead atoms. The first-order valence-corrected chi connectivity index (χ1v) is 9.25. The van der Waals surface area contributed by atoms with Crippen molar-refractivity contribution in [2.75, 3.05) is 10.6 Å². The zero-order valence-corrected chi connectivity index (χ0v) is 15.6. The average molecular weight is 394 g/mol. The number of hydrogen-bond acceptors (Lipinski definition) is 4. The van der Waals surface area contributed by atoms with E-state index < -0.39 is 11.7 Å². The molecule has 2 heterocycles. The molecule has 140 valence electrons. The second kappa shape index (κ2) is 7.24. The number of aromatic nitrogens is 2. The Bertz CT molecular complexity index is 1180. The quantitative estimate of drug-likeness (QED) is 0.474. The summed E-state index contributed by atoms with van der Waals surface area (Å²) in [5.74, 6) is -1.16. The van der Waals surface area contributed by atoms with Crippen molar-refractivity contribution in [3.63, 3.8) is 0 Å². The number of rotatable bonds is 4. The van der Waals surface area contributed by atoms with E-state index >= 15 is 0 Å². The molecule has 0 atom stereocenters. The maximum Gasteiger partial charge on any atom is 0.265 e. The van der Waals surface area contributed by atoms with Gasteiger partial charge in [-0.05, 0) is 37.3 Å². The van der Waals surface area contributed by atoms with Crippen LogP contribution in [0.4, 0.5) is 15.9 Å². The first-order chi connectivity index (χ1) is 13.5. The van der Waals surface area contributed by atoms with Crippen LogP contribution in [0, 0.1) is 12.7 Å². The van der Waals surface area contributed by atoms with Crippen molar-refractivity contribution >= 4 is 44.9 Å². The molecule has 4 aromatic rings. The van der Waals surface area contributed by atoms with E-state index in [2.05, 4.69) is 20.8 Å². The molecule has 28 heavy (non-hydrogen) atoms. The number of nitrogens with one attached hydrogen (secondary N) is 3. The molecule has 2 aromatic carbocycles. The van der Waals surface area contributed by atoms with Gasteiger partial charge in [-0.3, -0.25) is 14.7 Å². The molecule has 6 nitrogen and oxygen atoms in total. The Hall–Kier alpha value is -3.52. The second-order valence-electron chi connectivity index (χ2n) is 6.18. The maximum atomic E-state index is 13.8. The van der Waals surface area contributed by atoms with Crippen LogP contribution < -0.4 is 10.6 Å². The van der Waals surface area contributed by atoms with Crippen molar-refractivity contribution in [1.29, 1.82) is 0 Å². The molecule has 2 amide bonds. The van der Waals surface area contributed by atoms with Crippen LogP contribution in [0.2, 0.25) is 0 Å². The summed E-state index contributed by atoms with van der Waals surface area (Å²) < 4.78 is 13.8. The lowest BCUT2D eigenvalue weighted by Crippen LogP contribution is -2.14. The Morgan fingerprint density at radius 2 is 1.79 bits per heavy atom. The van der Waals surface area contributed by atoms with Crippen LogP contribution in [0.5, 0.6) is 0 Å². The average Bonchev–Trinajstić information content (AvgIpc) is 3.26. The number of halogens is 1. The van der Waals surface area contributed by atoms with Crippen LogP contribution in [0.1, 0.15) is 25.6 Å². The molecule has 0 saturated heterocycles. The number of hydrogen-bond donors (Lipinski definition) is 3. The predicted molar refractivity (Wildman–Crippen MR) is 107 cm³/mol. The summed E-state index contributed by atoms with van der Waals surface area (Å²) in [7, 11) is 0. The Labute approximate surface area is 163 Å². The lowest BCUT2D eigenvalue weighted by molar-refractivity contribution is 0.101. The molecule has 0 fully saturated rings. The third-order valence-electron chi connectivity index (χ3n) is 4.14. The van der Waals surface area contributed by atoms with E-state index in [1.54, 1.807) is 12.1 Å². The Morgan fingerprint density at radius 1 is 1.04 bits per heavy atom. The topological polar surface area (TPSA) is 86.9 Å². The van der Waals surface area contributed by atoms with E-state index in [0.29, 0.717) is 26.6 Å². The van der Waals surface area contributed by atoms with Gasteiger partial charge in [0.1, 0.15) is 16.5 Å². The fourth-order valence-corrected chi connectivity index (χ4v) is 3.56. The van der Waals surface area contributed by atoms with Crippen molar-refractivity contribution in [2.45, 2.75) is 6.92 Å². The van der Waals surface area contributed by atoms with Gasteiger partial charge in [-0.1, -0.05) is 29.8 Å². The fraction of sp³-hybridized carbons (Fsp3) is 0.0500. The molecule has 3 N–H and O–H groups in total. The Kier molecular flexibility index (Phi) is 4.62. The Balaban J connectivity index is 1.55. The van der Waals surface area contributed by atoms with Crippen molar-refractivity contribution < 1.29 is 14.0 Å². The van der Waals surface area contributed by atoms with Crippen molar-refractivity contribution in [3.05, 3.63) is 76.4 Å². The van der Waals surface area contributed by atoms with Gasteiger partial charge in [-0.15, -0.1) is 11.3 Å². The number of nitrogens with zero attached hydrogens (tertiary/aromatic N) is 1. The molecule has 0 unspecified atom stereocenters. The predicted octanol–water partition coefficient (Wildman–Crippen LogP) is 4.58. The molecule has 8 heteroatoms. The number of carbonyl (C=O) groups is 2. The maximum absolute atomic E-state index is 13.8. The minimum atomic E-state index is -0.612. The van der Waals surface area contributed by atoms with Crippen molar-refractivity contribution in [1.82, 2.24) is 10.2 Å². The molecule has 0 radical (unpaired) electrons. The van der Waals surface area contributed by atoms with Gasteiger partial charge in [0, 0.05) is 5.69 Å². The summed E-state index contributed by atoms with van der Waals surface area (Å²) in [5.41, 5.74) is 1.72. The number of thiophene rings is 1. The molecule has 0 spiro atoms. The van der Waals surface area contributed by atoms with Crippen LogP contribution >= 0.6 is 11.3 Å². The van der Waals surface area contributed by atoms with Crippen molar-refractivity contribution in [3.8, 4) is 0 Å². The van der Waals surface area contributed by atoms with Crippen LogP contribution in [0.3, 0.4) is 0 Å². The number of aromatic amines is 1. The van der Waals surface area contributed by atoms with Gasteiger partial charge in [0.25, 0.3) is 11.8 Å². The van der Waals surface area contributed by atoms with Gasteiger partial charge >= 0.3 is 0 Å². The van der Waals surface area contributed by atoms with Crippen molar-refractivity contribution in [2.24, 2.45) is 0 Å². The van der Waals surface area contributed by atoms with Crippen LogP contribution in [0.15, 0.2) is 54.6 Å². The summed E-state index contributed by atoms with van der Waals surface area (Å²) in [5, 5.41) is 12.8. The van der Waals surface area contributed by atoms with Gasteiger partial charge in [0.15, 0.2) is 0 Å². The summed E-state index contributed by atoms with van der Waals surface area (Å²) in [4.78, 5) is 25.8. The molecule has 0 aliphatic heterocycles. The number of benzene rings is 2. The summed E-state index contributed by atoms with van der Waals surface area (Å²) in [6.45, 7) is 1.97. The van der Waals surface area contributed by atoms with E-state index in [-0.39, 0.29) is 11.5 Å². The Morgan fingerprint density at radius 3 is 2.54 bits per heavy atom. The normalized spacial score (nSPS) is 10.8. The zero-order valence-electron chi connectivity index (χ0n) is 14.7. The number of anilines is 2. The highest BCUT2D eigenvalue weighted by Gasteiger charge is 2.18. The van der Waals surface area contributed by atoms with E-state index in [9.17, 15) is 14.0 Å². The smallest absolute Gasteiger partial charge is 0.265 e. The first-order valence-electron chi connectivity index (χ1n) is 8.43. The number of carbonyl (C=O) groups excluding carboxylic acids is 2. The monoisotopic (exact) mass is 394 g/mol. The standard InChI is InChI=1S/C20H15FN4O2S/c1-11-6-8-12(9-7-11)22-19(27)16-10-14-17(24-25-20(14)28-16)23-18(26)13-4-2-3-5-15(13)21/h2-10H,1H3,(H,22,27)(H2,23,24,25,26). The summed E-state index contributed by atoms with van der Waals surface area (Å²) >= 11 is 1.19. The number of amides is 2. The largest absolute Gasteiger partial charge is 0.321 e. The molecular weight excluding hydrogens is 379 g/mol. The highest BCUT2D eigenvalue weighted by atomic mass is 32.1. The zero-order chi connectivity index (χ0) is 19.7. The lowest BCUT2D eigenvalue weighted by atomic mass is 10.2. The molecule has 0 aliphatic carbocycles. The van der Waals surface area contributed by atoms with Gasteiger partial charge in [-0.25, -0.2) is 4.39 Å². The highest BCUT2D eigenvalue weighted by molar-refractivity contribution is 7.20. The number of aryl methyl sites for hydroxylation is 1. The number of H-pyrrole nitrogens is 1. The van der Waals surface area contributed by atoms with Gasteiger partial charge in [0.05, 0.1) is 15.8 Å². The van der Waals surface area contributed by atoms with E-state index in [1.165, 1.54) is 29.5 Å². The van der Waals surface area contributed by atoms with E-state index in [4.69, 9.17) is 0 Å². The second-order valence-corrected chi connectivity index (χ2v) is 7.21. The molecule has 0 aliphatic rings. The number of fused-ring (bicyclic) bond motifs is 1. The third-order valence-corrected chi connectivity index (χ3v) is 5.17. The van der Waals surface area contributed by atoms with Gasteiger partial charge < -0.3 is 10.6 Å². The lowest BCUT2D eigenvalue weighted by Gasteiger charge is -2.04. The first kappa shape index (κ1) is 17.9. The van der Waals surface area contributed by atoms with Crippen LogP contribution in [0.25, 0.3) is 10.2 Å². The minimum Gasteiger partial charge on any atom is -0.321 e.